The number of aliphatic hydroxyl groups excluding tert-OH is 1. The van der Waals surface area contributed by atoms with Gasteiger partial charge >= 0.3 is 0 Å². The monoisotopic (exact) mass is 484 g/mol. The molecule has 0 saturated carbocycles. The Kier molecular flexibility index (Phi) is 7.27. The Morgan fingerprint density at radius 3 is 2.56 bits per heavy atom. The molecule has 0 saturated heterocycles. The van der Waals surface area contributed by atoms with E-state index in [9.17, 15) is 9.59 Å². The molecule has 36 heavy (non-hydrogen) atoms. The number of aromatic nitrogens is 2. The lowest BCUT2D eigenvalue weighted by Gasteiger charge is -2.39. The summed E-state index contributed by atoms with van der Waals surface area (Å²) in [6.07, 6.45) is 3.84. The van der Waals surface area contributed by atoms with Crippen molar-refractivity contribution in [2.45, 2.75) is 45.3 Å². The van der Waals surface area contributed by atoms with Crippen molar-refractivity contribution in [3.8, 4) is 17.2 Å². The SMILES string of the molecule is CC(=O)N1c2ccc(-c3ccc(C(=O)N[C@H](C)CO)nc3)cc2[C@H](Nc2ccc(C#N)cn2)C[C@@H]1C. The van der Waals surface area contributed by atoms with Crippen molar-refractivity contribution >= 4 is 23.3 Å². The minimum absolute atomic E-state index is 0.0162. The van der Waals surface area contributed by atoms with E-state index >= 15 is 0 Å². The first-order valence-corrected chi connectivity index (χ1v) is 11.7. The number of fused-ring (bicyclic) bond motifs is 1. The first kappa shape index (κ1) is 24.8. The van der Waals surface area contributed by atoms with Crippen LogP contribution in [-0.2, 0) is 4.79 Å². The highest BCUT2D eigenvalue weighted by molar-refractivity contribution is 5.95. The molecule has 0 bridgehead atoms. The van der Waals surface area contributed by atoms with Crippen molar-refractivity contribution in [2.75, 3.05) is 16.8 Å². The Bertz CT molecular complexity index is 1300. The Morgan fingerprint density at radius 2 is 1.94 bits per heavy atom. The summed E-state index contributed by atoms with van der Waals surface area (Å²) in [4.78, 5) is 35.2. The standard InChI is InChI=1S/C27H28N6O3/c1-16(15-34)31-27(36)23-7-5-21(14-29-23)20-6-8-25-22(11-20)24(10-17(2)33(25)18(3)35)32-26-9-4-19(12-28)13-30-26/h4-9,11,13-14,16-17,24,34H,10,15H2,1-3H3,(H,30,32)(H,31,36)/t16-,17+,24-/m1/s1. The Hall–Kier alpha value is -4.29. The third-order valence-corrected chi connectivity index (χ3v) is 6.21. The van der Waals surface area contributed by atoms with Gasteiger partial charge in [-0.25, -0.2) is 4.98 Å². The van der Waals surface area contributed by atoms with E-state index in [4.69, 9.17) is 10.4 Å². The highest BCUT2D eigenvalue weighted by Gasteiger charge is 2.33. The molecule has 3 atom stereocenters. The van der Waals surface area contributed by atoms with Crippen molar-refractivity contribution in [3.05, 3.63) is 71.7 Å². The molecule has 3 N–H and O–H groups in total. The van der Waals surface area contributed by atoms with Gasteiger partial charge in [0.1, 0.15) is 17.6 Å². The second-order valence-corrected chi connectivity index (χ2v) is 8.98. The van der Waals surface area contributed by atoms with Crippen LogP contribution < -0.4 is 15.5 Å². The topological polar surface area (TPSA) is 131 Å². The van der Waals surface area contributed by atoms with Crippen LogP contribution in [0.4, 0.5) is 11.5 Å². The molecule has 2 aromatic heterocycles. The van der Waals surface area contributed by atoms with Gasteiger partial charge in [0.25, 0.3) is 5.91 Å². The van der Waals surface area contributed by atoms with Crippen LogP contribution in [0.15, 0.2) is 54.9 Å². The number of benzene rings is 1. The number of anilines is 2. The molecule has 3 heterocycles. The number of carbonyl (C=O) groups is 2. The third kappa shape index (κ3) is 5.19. The van der Waals surface area contributed by atoms with Crippen molar-refractivity contribution < 1.29 is 14.7 Å². The normalized spacial score (nSPS) is 17.5. The minimum atomic E-state index is -0.360. The number of nitrogens with zero attached hydrogens (tertiary/aromatic N) is 4. The van der Waals surface area contributed by atoms with E-state index < -0.39 is 0 Å². The summed E-state index contributed by atoms with van der Waals surface area (Å²) in [5.41, 5.74) is 4.25. The van der Waals surface area contributed by atoms with Crippen LogP contribution in [0.3, 0.4) is 0 Å². The van der Waals surface area contributed by atoms with Gasteiger partial charge in [0.2, 0.25) is 5.91 Å². The number of hydrogen-bond donors (Lipinski definition) is 3. The fraction of sp³-hybridized carbons (Fsp3) is 0.296. The molecule has 9 heteroatoms. The van der Waals surface area contributed by atoms with Crippen LogP contribution in [0.2, 0.25) is 0 Å². The van der Waals surface area contributed by atoms with E-state index in [1.807, 2.05) is 31.2 Å². The molecule has 0 fully saturated rings. The maximum absolute atomic E-state index is 12.5. The number of hydrogen-bond acceptors (Lipinski definition) is 7. The maximum atomic E-state index is 12.5. The second-order valence-electron chi connectivity index (χ2n) is 8.98. The van der Waals surface area contributed by atoms with E-state index in [2.05, 4.69) is 26.7 Å². The van der Waals surface area contributed by atoms with Gasteiger partial charge in [0.05, 0.1) is 18.2 Å². The van der Waals surface area contributed by atoms with Crippen molar-refractivity contribution in [2.24, 2.45) is 0 Å². The van der Waals surface area contributed by atoms with E-state index in [1.54, 1.807) is 43.1 Å². The second kappa shape index (κ2) is 10.5. The molecule has 0 spiro atoms. The predicted molar refractivity (Wildman–Crippen MR) is 136 cm³/mol. The van der Waals surface area contributed by atoms with Gasteiger partial charge in [0.15, 0.2) is 0 Å². The van der Waals surface area contributed by atoms with Gasteiger partial charge in [-0.3, -0.25) is 14.6 Å². The van der Waals surface area contributed by atoms with Gasteiger partial charge < -0.3 is 20.6 Å². The minimum Gasteiger partial charge on any atom is -0.394 e. The van der Waals surface area contributed by atoms with Crippen LogP contribution >= 0.6 is 0 Å². The zero-order chi connectivity index (χ0) is 25.8. The third-order valence-electron chi connectivity index (χ3n) is 6.21. The average Bonchev–Trinajstić information content (AvgIpc) is 2.88. The van der Waals surface area contributed by atoms with E-state index in [0.717, 1.165) is 22.4 Å². The summed E-state index contributed by atoms with van der Waals surface area (Å²) < 4.78 is 0. The summed E-state index contributed by atoms with van der Waals surface area (Å²) >= 11 is 0. The average molecular weight is 485 g/mol. The summed E-state index contributed by atoms with van der Waals surface area (Å²) in [6.45, 7) is 5.14. The van der Waals surface area contributed by atoms with Crippen molar-refractivity contribution in [1.82, 2.24) is 15.3 Å². The molecule has 184 valence electrons. The van der Waals surface area contributed by atoms with E-state index in [-0.39, 0.29) is 42.2 Å². The zero-order valence-corrected chi connectivity index (χ0v) is 20.4. The number of nitrogens with one attached hydrogen (secondary N) is 2. The predicted octanol–water partition coefficient (Wildman–Crippen LogP) is 3.42. The highest BCUT2D eigenvalue weighted by atomic mass is 16.3. The number of rotatable bonds is 6. The summed E-state index contributed by atoms with van der Waals surface area (Å²) in [5.74, 6) is 0.271. The number of pyridine rings is 2. The molecule has 1 aromatic carbocycles. The molecular formula is C27H28N6O3. The molecule has 3 aromatic rings. The number of aliphatic hydroxyl groups is 1. The largest absolute Gasteiger partial charge is 0.394 e. The summed E-state index contributed by atoms with van der Waals surface area (Å²) in [6, 6.07) is 14.5. The number of carbonyl (C=O) groups excluding carboxylic acids is 2. The lowest BCUT2D eigenvalue weighted by molar-refractivity contribution is -0.117. The van der Waals surface area contributed by atoms with Crippen molar-refractivity contribution in [1.29, 1.82) is 5.26 Å². The highest BCUT2D eigenvalue weighted by Crippen LogP contribution is 2.41. The molecule has 1 aliphatic heterocycles. The summed E-state index contributed by atoms with van der Waals surface area (Å²) in [7, 11) is 0. The molecule has 2 amide bonds. The van der Waals surface area contributed by atoms with Gasteiger partial charge in [-0.1, -0.05) is 12.1 Å². The first-order valence-electron chi connectivity index (χ1n) is 11.7. The molecule has 0 aliphatic carbocycles. The Morgan fingerprint density at radius 1 is 1.17 bits per heavy atom. The first-order chi connectivity index (χ1) is 17.3. The molecule has 4 rings (SSSR count). The molecule has 9 nitrogen and oxygen atoms in total. The van der Waals surface area contributed by atoms with E-state index in [1.165, 1.54) is 6.20 Å². The Balaban J connectivity index is 1.66. The molecule has 0 radical (unpaired) electrons. The lowest BCUT2D eigenvalue weighted by Crippen LogP contribution is -2.43. The fourth-order valence-electron chi connectivity index (χ4n) is 4.43. The van der Waals surface area contributed by atoms with Crippen LogP contribution in [0, 0.1) is 11.3 Å². The van der Waals surface area contributed by atoms with Crippen LogP contribution in [0.1, 0.15) is 54.8 Å². The van der Waals surface area contributed by atoms with Crippen LogP contribution in [-0.4, -0.2) is 45.6 Å². The molecule has 0 unspecified atom stereocenters. The van der Waals surface area contributed by atoms with Crippen LogP contribution in [0.25, 0.3) is 11.1 Å². The Labute approximate surface area is 209 Å². The van der Waals surface area contributed by atoms with Gasteiger partial charge in [-0.2, -0.15) is 5.26 Å². The fourth-order valence-corrected chi connectivity index (χ4v) is 4.43. The molecular weight excluding hydrogens is 456 g/mol. The maximum Gasteiger partial charge on any atom is 0.270 e. The van der Waals surface area contributed by atoms with Gasteiger partial charge in [-0.05, 0) is 61.7 Å². The quantitative estimate of drug-likeness (QED) is 0.488. The smallest absolute Gasteiger partial charge is 0.270 e. The summed E-state index contributed by atoms with van der Waals surface area (Å²) in [5, 5.41) is 24.3. The van der Waals surface area contributed by atoms with Gasteiger partial charge in [-0.15, -0.1) is 0 Å². The lowest BCUT2D eigenvalue weighted by atomic mass is 9.89. The van der Waals surface area contributed by atoms with Gasteiger partial charge in [0, 0.05) is 42.7 Å². The van der Waals surface area contributed by atoms with E-state index in [0.29, 0.717) is 17.8 Å². The number of nitriles is 1. The number of amides is 2. The van der Waals surface area contributed by atoms with Crippen LogP contribution in [0.5, 0.6) is 0 Å². The zero-order valence-electron chi connectivity index (χ0n) is 20.4. The van der Waals surface area contributed by atoms with Crippen molar-refractivity contribution in [3.63, 3.8) is 0 Å². The molecule has 1 aliphatic rings.